The lowest BCUT2D eigenvalue weighted by molar-refractivity contribution is -0.135. The molecule has 4 heteroatoms. The fourth-order valence-electron chi connectivity index (χ4n) is 3.49. The van der Waals surface area contributed by atoms with Gasteiger partial charge >= 0.3 is 0 Å². The topological polar surface area (TPSA) is 44.4 Å². The molecule has 2 N–H and O–H groups in total. The molecule has 0 aromatic carbocycles. The van der Waals surface area contributed by atoms with E-state index in [1.165, 1.54) is 19.3 Å². The predicted molar refractivity (Wildman–Crippen MR) is 77.6 cm³/mol. The summed E-state index contributed by atoms with van der Waals surface area (Å²) in [6, 6.07) is 0.821. The normalized spacial score (nSPS) is 35.9. The van der Waals surface area contributed by atoms with E-state index in [2.05, 4.69) is 43.4 Å². The number of carbonyl (C=O) groups excluding carboxylic acids is 1. The van der Waals surface area contributed by atoms with Crippen molar-refractivity contribution < 1.29 is 4.79 Å². The number of hydrazine groups is 1. The molecule has 2 aliphatic heterocycles. The average Bonchev–Trinajstić information content (AvgIpc) is 2.33. The van der Waals surface area contributed by atoms with E-state index < -0.39 is 0 Å². The highest BCUT2D eigenvalue weighted by Crippen LogP contribution is 2.30. The molecule has 2 fully saturated rings. The zero-order valence-electron chi connectivity index (χ0n) is 12.8. The Morgan fingerprint density at radius 2 is 1.84 bits per heavy atom. The summed E-state index contributed by atoms with van der Waals surface area (Å²) in [6.07, 6.45) is 5.89. The van der Waals surface area contributed by atoms with Gasteiger partial charge < -0.3 is 5.32 Å². The minimum absolute atomic E-state index is 0.0462. The Morgan fingerprint density at radius 1 is 1.21 bits per heavy atom. The highest BCUT2D eigenvalue weighted by Gasteiger charge is 2.38. The Labute approximate surface area is 117 Å². The third-order valence-electron chi connectivity index (χ3n) is 4.82. The summed E-state index contributed by atoms with van der Waals surface area (Å²) in [5.41, 5.74) is 3.22. The molecule has 0 radical (unpaired) electrons. The molecule has 4 nitrogen and oxygen atoms in total. The third-order valence-corrected chi connectivity index (χ3v) is 4.82. The van der Waals surface area contributed by atoms with Gasteiger partial charge in [-0.1, -0.05) is 20.3 Å². The second kappa shape index (κ2) is 5.80. The van der Waals surface area contributed by atoms with Crippen LogP contribution in [-0.4, -0.2) is 35.6 Å². The summed E-state index contributed by atoms with van der Waals surface area (Å²) >= 11 is 0. The number of nitrogens with one attached hydrogen (secondary N) is 2. The van der Waals surface area contributed by atoms with Gasteiger partial charge in [-0.3, -0.25) is 10.2 Å². The minimum Gasteiger partial charge on any atom is -0.305 e. The van der Waals surface area contributed by atoms with Crippen LogP contribution < -0.4 is 10.7 Å². The predicted octanol–water partition coefficient (Wildman–Crippen LogP) is 2.06. The van der Waals surface area contributed by atoms with Crippen LogP contribution in [-0.2, 0) is 4.79 Å². The van der Waals surface area contributed by atoms with Gasteiger partial charge in [0.15, 0.2) is 0 Å². The Hall–Kier alpha value is -0.610. The number of nitrogens with zero attached hydrogens (tertiary/aromatic N) is 1. The average molecular weight is 267 g/mol. The van der Waals surface area contributed by atoms with E-state index in [0.29, 0.717) is 12.1 Å². The molecule has 110 valence electrons. The molecule has 0 bridgehead atoms. The van der Waals surface area contributed by atoms with Gasteiger partial charge in [0, 0.05) is 12.1 Å². The first-order valence-corrected chi connectivity index (χ1v) is 7.74. The smallest absolute Gasteiger partial charge is 0.251 e. The molecule has 19 heavy (non-hydrogen) atoms. The van der Waals surface area contributed by atoms with Crippen molar-refractivity contribution in [2.75, 3.05) is 6.54 Å². The van der Waals surface area contributed by atoms with E-state index in [1.54, 1.807) is 0 Å². The van der Waals surface area contributed by atoms with Crippen LogP contribution in [0, 0.1) is 5.41 Å². The third kappa shape index (κ3) is 3.29. The summed E-state index contributed by atoms with van der Waals surface area (Å²) in [5, 5.41) is 5.55. The number of hydrogen-bond donors (Lipinski definition) is 2. The number of carbonyl (C=O) groups is 1. The van der Waals surface area contributed by atoms with Gasteiger partial charge in [-0.15, -0.1) is 0 Å². The highest BCUT2D eigenvalue weighted by atomic mass is 16.2. The fourth-order valence-corrected chi connectivity index (χ4v) is 3.49. The van der Waals surface area contributed by atoms with Crippen molar-refractivity contribution in [2.24, 2.45) is 5.41 Å². The largest absolute Gasteiger partial charge is 0.305 e. The first-order valence-electron chi connectivity index (χ1n) is 7.74. The van der Waals surface area contributed by atoms with Crippen LogP contribution in [0.4, 0.5) is 0 Å². The highest BCUT2D eigenvalue weighted by molar-refractivity contribution is 5.82. The van der Waals surface area contributed by atoms with Crippen molar-refractivity contribution in [1.82, 2.24) is 15.8 Å². The van der Waals surface area contributed by atoms with E-state index in [-0.39, 0.29) is 17.4 Å². The van der Waals surface area contributed by atoms with Crippen molar-refractivity contribution in [1.29, 1.82) is 0 Å². The molecule has 0 aromatic heterocycles. The standard InChI is InChI=1S/C15H29N3O/c1-11-7-5-8-12(2)18(11)17-14(19)13-15(3,4)9-6-10-16-13/h11-13,16H,5-10H2,1-4H3,(H,17,19). The first-order chi connectivity index (χ1) is 8.92. The number of hydrogen-bond acceptors (Lipinski definition) is 3. The maximum Gasteiger partial charge on any atom is 0.251 e. The van der Waals surface area contributed by atoms with Crippen LogP contribution in [0.1, 0.15) is 59.8 Å². The Balaban J connectivity index is 1.99. The number of amides is 1. The van der Waals surface area contributed by atoms with Crippen LogP contribution in [0.2, 0.25) is 0 Å². The molecule has 0 aliphatic carbocycles. The Kier molecular flexibility index (Phi) is 4.51. The Bertz CT molecular complexity index is 319. The van der Waals surface area contributed by atoms with Gasteiger partial charge in [-0.2, -0.15) is 0 Å². The molecule has 0 aromatic rings. The van der Waals surface area contributed by atoms with Gasteiger partial charge in [-0.25, -0.2) is 5.01 Å². The van der Waals surface area contributed by atoms with Crippen LogP contribution in [0.15, 0.2) is 0 Å². The molecule has 1 amide bonds. The lowest BCUT2D eigenvalue weighted by Gasteiger charge is -2.43. The summed E-state index contributed by atoms with van der Waals surface area (Å²) in [6.45, 7) is 9.73. The van der Waals surface area contributed by atoms with Crippen molar-refractivity contribution in [2.45, 2.75) is 77.9 Å². The molecular formula is C15H29N3O. The zero-order chi connectivity index (χ0) is 14.0. The molecule has 3 unspecified atom stereocenters. The van der Waals surface area contributed by atoms with Gasteiger partial charge in [-0.05, 0) is 51.5 Å². The van der Waals surface area contributed by atoms with Crippen LogP contribution in [0.25, 0.3) is 0 Å². The van der Waals surface area contributed by atoms with E-state index >= 15 is 0 Å². The molecule has 3 atom stereocenters. The maximum absolute atomic E-state index is 12.6. The van der Waals surface area contributed by atoms with E-state index in [9.17, 15) is 4.79 Å². The zero-order valence-corrected chi connectivity index (χ0v) is 12.8. The summed E-state index contributed by atoms with van der Waals surface area (Å²) < 4.78 is 0. The molecule has 0 spiro atoms. The quantitative estimate of drug-likeness (QED) is 0.805. The summed E-state index contributed by atoms with van der Waals surface area (Å²) in [7, 11) is 0. The van der Waals surface area contributed by atoms with E-state index in [4.69, 9.17) is 0 Å². The SMILES string of the molecule is CC1CCCC(C)N1NC(=O)C1NCCCC1(C)C. The van der Waals surface area contributed by atoms with Crippen molar-refractivity contribution in [3.05, 3.63) is 0 Å². The second-order valence-corrected chi connectivity index (χ2v) is 6.99. The number of piperidine rings is 2. The van der Waals surface area contributed by atoms with Crippen LogP contribution in [0.3, 0.4) is 0 Å². The second-order valence-electron chi connectivity index (χ2n) is 6.99. The number of rotatable bonds is 2. The molecular weight excluding hydrogens is 238 g/mol. The van der Waals surface area contributed by atoms with Gasteiger partial charge in [0.05, 0.1) is 6.04 Å². The van der Waals surface area contributed by atoms with E-state index in [0.717, 1.165) is 19.4 Å². The minimum atomic E-state index is -0.0671. The van der Waals surface area contributed by atoms with Crippen LogP contribution >= 0.6 is 0 Å². The lowest BCUT2D eigenvalue weighted by atomic mass is 9.77. The van der Waals surface area contributed by atoms with Crippen molar-refractivity contribution >= 4 is 5.91 Å². The van der Waals surface area contributed by atoms with Gasteiger partial charge in [0.2, 0.25) is 0 Å². The maximum atomic E-state index is 12.6. The molecule has 2 rings (SSSR count). The summed E-state index contributed by atoms with van der Waals surface area (Å²) in [5.74, 6) is 0.144. The molecule has 2 saturated heterocycles. The lowest BCUT2D eigenvalue weighted by Crippen LogP contribution is -2.62. The first kappa shape index (κ1) is 14.8. The fraction of sp³-hybridized carbons (Fsp3) is 0.933. The van der Waals surface area contributed by atoms with Crippen LogP contribution in [0.5, 0.6) is 0 Å². The monoisotopic (exact) mass is 267 g/mol. The van der Waals surface area contributed by atoms with E-state index in [1.807, 2.05) is 0 Å². The Morgan fingerprint density at radius 3 is 2.42 bits per heavy atom. The molecule has 2 heterocycles. The van der Waals surface area contributed by atoms with Gasteiger partial charge in [0.1, 0.15) is 0 Å². The molecule has 0 saturated carbocycles. The van der Waals surface area contributed by atoms with Crippen molar-refractivity contribution in [3.8, 4) is 0 Å². The van der Waals surface area contributed by atoms with Crippen molar-refractivity contribution in [3.63, 3.8) is 0 Å². The van der Waals surface area contributed by atoms with Gasteiger partial charge in [0.25, 0.3) is 5.91 Å². The summed E-state index contributed by atoms with van der Waals surface area (Å²) in [4.78, 5) is 12.6. The molecule has 2 aliphatic rings.